The van der Waals surface area contributed by atoms with Crippen LogP contribution in [0, 0.1) is 0 Å². The largest absolute Gasteiger partial charge is 0.480 e. The number of nitrogens with one attached hydrogen (secondary N) is 1. The van der Waals surface area contributed by atoms with E-state index in [1.54, 1.807) is 31.7 Å². The van der Waals surface area contributed by atoms with Crippen molar-refractivity contribution >= 4 is 36.2 Å². The number of oxime groups is 1. The Morgan fingerprint density at radius 3 is 2.72 bits per heavy atom. The number of nitrogens with two attached hydrogens (primary N) is 1. The summed E-state index contributed by atoms with van der Waals surface area (Å²) in [4.78, 5) is 23.6. The van der Waals surface area contributed by atoms with Gasteiger partial charge in [0.2, 0.25) is 0 Å². The molecule has 0 unspecified atom stereocenters. The van der Waals surface area contributed by atoms with Crippen molar-refractivity contribution < 1.29 is 23.8 Å². The molecular weight excluding hydrogens is 401 g/mol. The molecule has 2 aromatic heterocycles. The van der Waals surface area contributed by atoms with E-state index in [0.717, 1.165) is 0 Å². The summed E-state index contributed by atoms with van der Waals surface area (Å²) in [6.07, 6.45) is 2.09. The Labute approximate surface area is 168 Å². The molecule has 2 heterocycles. The zero-order valence-electron chi connectivity index (χ0n) is 17.0. The van der Waals surface area contributed by atoms with Crippen LogP contribution in [0.2, 0.25) is 0 Å². The van der Waals surface area contributed by atoms with Crippen LogP contribution in [0.1, 0.15) is 34.6 Å². The molecule has 160 valence electrons. The van der Waals surface area contributed by atoms with Crippen molar-refractivity contribution in [3.8, 4) is 0 Å². The number of carbonyl (C=O) groups is 1. The summed E-state index contributed by atoms with van der Waals surface area (Å²) in [6.45, 7) is 8.17. The molecule has 0 aliphatic rings. The van der Waals surface area contributed by atoms with Gasteiger partial charge in [-0.2, -0.15) is 0 Å². The number of imidazole rings is 1. The molecule has 2 atom stereocenters. The number of ether oxygens (including phenoxy) is 1. The van der Waals surface area contributed by atoms with E-state index in [9.17, 15) is 14.5 Å². The molecule has 12 nitrogen and oxygen atoms in total. The van der Waals surface area contributed by atoms with E-state index in [1.807, 2.05) is 0 Å². The molecule has 0 radical (unpaired) electrons. The van der Waals surface area contributed by atoms with E-state index in [1.165, 1.54) is 20.2 Å². The highest BCUT2D eigenvalue weighted by atomic mass is 31.2. The van der Waals surface area contributed by atoms with Crippen LogP contribution >= 0.6 is 7.52 Å². The molecule has 2 aromatic rings. The summed E-state index contributed by atoms with van der Waals surface area (Å²) in [5.74, 6) is -0.915. The Morgan fingerprint density at radius 1 is 1.41 bits per heavy atom. The SMILES string of the molecule is CC(C)=NO[P@@](=O)(CO[C@H](C)Cn1cnc2c(N)ncnc21)NC(C)(C)C(=O)O. The predicted octanol–water partition coefficient (Wildman–Crippen LogP) is 1.83. The lowest BCUT2D eigenvalue weighted by atomic mass is 10.1. The second-order valence-corrected chi connectivity index (χ2v) is 9.26. The molecule has 13 heteroatoms. The lowest BCUT2D eigenvalue weighted by molar-refractivity contribution is -0.142. The second kappa shape index (κ2) is 8.85. The highest BCUT2D eigenvalue weighted by molar-refractivity contribution is 7.56. The average molecular weight is 427 g/mol. The molecule has 2 rings (SSSR count). The Balaban J connectivity index is 2.10. The number of hydrogen-bond acceptors (Lipinski definition) is 9. The van der Waals surface area contributed by atoms with Crippen molar-refractivity contribution in [1.29, 1.82) is 0 Å². The topological polar surface area (TPSA) is 167 Å². The van der Waals surface area contributed by atoms with Gasteiger partial charge in [0, 0.05) is 0 Å². The first-order valence-corrected chi connectivity index (χ1v) is 10.6. The molecule has 0 spiro atoms. The van der Waals surface area contributed by atoms with Crippen LogP contribution in [0.15, 0.2) is 17.8 Å². The van der Waals surface area contributed by atoms with Gasteiger partial charge in [-0.05, 0) is 34.6 Å². The summed E-state index contributed by atoms with van der Waals surface area (Å²) in [6, 6.07) is 0. The standard InChI is InChI=1S/C16H26N7O5P/c1-10(2)21-28-29(26,22-16(4,5)15(24)25)9-27-11(3)6-23-8-20-12-13(17)18-7-19-14(12)23/h7-8,11H,6,9H2,1-5H3,(H,22,26)(H,24,25)(H2,17,18,19)/t11-,29+/m1/s1. The molecule has 0 saturated heterocycles. The normalized spacial score (nSPS) is 14.9. The number of rotatable bonds is 10. The summed E-state index contributed by atoms with van der Waals surface area (Å²) in [5, 5.41) is 15.5. The molecule has 0 saturated carbocycles. The minimum absolute atomic E-state index is 0.271. The van der Waals surface area contributed by atoms with Crippen LogP contribution in [-0.2, 0) is 25.3 Å². The van der Waals surface area contributed by atoms with Crippen molar-refractivity contribution in [3.63, 3.8) is 0 Å². The maximum absolute atomic E-state index is 13.1. The third-order valence-corrected chi connectivity index (χ3v) is 5.49. The number of carboxylic acid groups (broad SMARTS) is 1. The number of fused-ring (bicyclic) bond motifs is 1. The van der Waals surface area contributed by atoms with Crippen LogP contribution < -0.4 is 10.8 Å². The van der Waals surface area contributed by atoms with Gasteiger partial charge >= 0.3 is 13.5 Å². The zero-order chi connectivity index (χ0) is 21.8. The van der Waals surface area contributed by atoms with E-state index in [2.05, 4.69) is 25.2 Å². The van der Waals surface area contributed by atoms with Gasteiger partial charge in [-0.15, -0.1) is 0 Å². The summed E-state index contributed by atoms with van der Waals surface area (Å²) >= 11 is 0. The van der Waals surface area contributed by atoms with Gasteiger partial charge < -0.3 is 24.8 Å². The third kappa shape index (κ3) is 5.96. The summed E-state index contributed by atoms with van der Waals surface area (Å²) in [7, 11) is -3.76. The van der Waals surface area contributed by atoms with Gasteiger partial charge in [0.25, 0.3) is 0 Å². The number of nitrogen functional groups attached to an aromatic ring is 1. The average Bonchev–Trinajstić information content (AvgIpc) is 3.02. The third-order valence-electron chi connectivity index (χ3n) is 3.75. The van der Waals surface area contributed by atoms with Crippen LogP contribution in [0.4, 0.5) is 5.82 Å². The lowest BCUT2D eigenvalue weighted by Gasteiger charge is -2.27. The fraction of sp³-hybridized carbons (Fsp3) is 0.562. The van der Waals surface area contributed by atoms with E-state index in [4.69, 9.17) is 15.1 Å². The van der Waals surface area contributed by atoms with Crippen LogP contribution in [0.5, 0.6) is 0 Å². The van der Waals surface area contributed by atoms with Gasteiger partial charge in [-0.1, -0.05) is 5.16 Å². The first-order chi connectivity index (χ1) is 13.4. The number of aliphatic carboxylic acids is 1. The minimum Gasteiger partial charge on any atom is -0.480 e. The van der Waals surface area contributed by atoms with Crippen molar-refractivity contribution in [1.82, 2.24) is 24.6 Å². The van der Waals surface area contributed by atoms with E-state index in [-0.39, 0.29) is 12.2 Å². The van der Waals surface area contributed by atoms with E-state index < -0.39 is 25.1 Å². The van der Waals surface area contributed by atoms with Gasteiger partial charge in [0.05, 0.1) is 24.7 Å². The van der Waals surface area contributed by atoms with E-state index >= 15 is 0 Å². The van der Waals surface area contributed by atoms with Gasteiger partial charge in [0.1, 0.15) is 23.7 Å². The van der Waals surface area contributed by atoms with E-state index in [0.29, 0.717) is 23.4 Å². The summed E-state index contributed by atoms with van der Waals surface area (Å²) in [5.41, 5.74) is 5.82. The zero-order valence-corrected chi connectivity index (χ0v) is 17.9. The molecule has 29 heavy (non-hydrogen) atoms. The molecule has 0 amide bonds. The van der Waals surface area contributed by atoms with Gasteiger partial charge in [0.15, 0.2) is 11.5 Å². The first kappa shape index (κ1) is 22.7. The lowest BCUT2D eigenvalue weighted by Crippen LogP contribution is -2.45. The van der Waals surface area contributed by atoms with Crippen molar-refractivity contribution in [3.05, 3.63) is 12.7 Å². The van der Waals surface area contributed by atoms with Crippen LogP contribution in [-0.4, -0.2) is 54.3 Å². The number of hydrogen-bond donors (Lipinski definition) is 3. The quantitative estimate of drug-likeness (QED) is 0.289. The molecule has 0 bridgehead atoms. The number of anilines is 1. The summed E-state index contributed by atoms with van der Waals surface area (Å²) < 4.78 is 25.7. The Bertz CT molecular complexity index is 954. The predicted molar refractivity (Wildman–Crippen MR) is 107 cm³/mol. The molecule has 0 fully saturated rings. The monoisotopic (exact) mass is 427 g/mol. The van der Waals surface area contributed by atoms with Crippen molar-refractivity contribution in [2.24, 2.45) is 5.16 Å². The molecule has 0 aromatic carbocycles. The second-order valence-electron chi connectivity index (χ2n) is 7.27. The molecular formula is C16H26N7O5P. The van der Waals surface area contributed by atoms with Crippen LogP contribution in [0.3, 0.4) is 0 Å². The van der Waals surface area contributed by atoms with Crippen LogP contribution in [0.25, 0.3) is 11.2 Å². The number of aromatic nitrogens is 4. The smallest absolute Gasteiger partial charge is 0.365 e. The highest BCUT2D eigenvalue weighted by Crippen LogP contribution is 2.45. The fourth-order valence-electron chi connectivity index (χ4n) is 2.28. The fourth-order valence-corrected chi connectivity index (χ4v) is 4.13. The highest BCUT2D eigenvalue weighted by Gasteiger charge is 2.38. The maximum Gasteiger partial charge on any atom is 0.365 e. The molecule has 0 aliphatic heterocycles. The number of carboxylic acids is 1. The van der Waals surface area contributed by atoms with Crippen molar-refractivity contribution in [2.75, 3.05) is 12.1 Å². The van der Waals surface area contributed by atoms with Crippen molar-refractivity contribution in [2.45, 2.75) is 52.8 Å². The Kier molecular flexibility index (Phi) is 6.93. The van der Waals surface area contributed by atoms with Gasteiger partial charge in [-0.25, -0.2) is 20.0 Å². The Morgan fingerprint density at radius 2 is 2.10 bits per heavy atom. The number of nitrogens with zero attached hydrogens (tertiary/aromatic N) is 5. The molecule has 0 aliphatic carbocycles. The maximum atomic E-state index is 13.1. The minimum atomic E-state index is -3.76. The van der Waals surface area contributed by atoms with Gasteiger partial charge in [-0.3, -0.25) is 9.36 Å². The Hall–Kier alpha value is -2.56. The first-order valence-electron chi connectivity index (χ1n) is 8.78. The molecule has 4 N–H and O–H groups in total.